The molecule has 1 fully saturated rings. The molecule has 0 spiro atoms. The molecule has 0 aromatic heterocycles. The fourth-order valence-electron chi connectivity index (χ4n) is 5.25. The lowest BCUT2D eigenvalue weighted by atomic mass is 9.98. The van der Waals surface area contributed by atoms with Crippen LogP contribution in [0.4, 0.5) is 0 Å². The van der Waals surface area contributed by atoms with Crippen LogP contribution >= 0.6 is 0 Å². The highest BCUT2D eigenvalue weighted by atomic mass is 32.2. The Morgan fingerprint density at radius 1 is 1.16 bits per heavy atom. The van der Waals surface area contributed by atoms with Crippen molar-refractivity contribution in [2.45, 2.75) is 43.7 Å². The maximum Gasteiger partial charge on any atom is 0.247 e. The van der Waals surface area contributed by atoms with Crippen LogP contribution in [0.1, 0.15) is 26.7 Å². The molecule has 0 aliphatic carbocycles. The van der Waals surface area contributed by atoms with Gasteiger partial charge in [-0.3, -0.25) is 0 Å². The van der Waals surface area contributed by atoms with Crippen LogP contribution in [0.15, 0.2) is 47.4 Å². The van der Waals surface area contributed by atoms with Crippen LogP contribution in [0.2, 0.25) is 0 Å². The molecule has 2 aliphatic heterocycles. The third-order valence-electron chi connectivity index (χ3n) is 7.49. The summed E-state index contributed by atoms with van der Waals surface area (Å²) in [6, 6.07) is 12.3. The monoisotopic (exact) mass is 532 g/mol. The number of hydrogen-bond acceptors (Lipinski definition) is 7. The zero-order chi connectivity index (χ0) is 26.6. The van der Waals surface area contributed by atoms with Gasteiger partial charge in [0.25, 0.3) is 0 Å². The number of likely N-dealkylation sites (N-methyl/N-ethyl adjacent to an activating group) is 1. The number of aliphatic hydroxyl groups is 1. The van der Waals surface area contributed by atoms with Gasteiger partial charge in [-0.25, -0.2) is 8.42 Å². The first-order valence-electron chi connectivity index (χ1n) is 13.1. The first-order chi connectivity index (χ1) is 17.7. The lowest BCUT2D eigenvalue weighted by Crippen LogP contribution is -2.50. The van der Waals surface area contributed by atoms with E-state index in [1.807, 2.05) is 31.2 Å². The van der Waals surface area contributed by atoms with Crippen molar-refractivity contribution < 1.29 is 27.7 Å². The Hall–Kier alpha value is -2.17. The number of para-hydroxylation sites is 1. The van der Waals surface area contributed by atoms with E-state index in [9.17, 15) is 13.5 Å². The summed E-state index contributed by atoms with van der Waals surface area (Å²) in [5, 5.41) is 9.89. The second kappa shape index (κ2) is 12.1. The van der Waals surface area contributed by atoms with E-state index in [0.717, 1.165) is 43.7 Å². The molecule has 0 unspecified atom stereocenters. The number of nitrogens with zero attached hydrogens (tertiary/aromatic N) is 2. The van der Waals surface area contributed by atoms with Crippen molar-refractivity contribution in [2.75, 3.05) is 53.6 Å². The van der Waals surface area contributed by atoms with Crippen molar-refractivity contribution in [3.8, 4) is 22.6 Å². The lowest BCUT2D eigenvalue weighted by molar-refractivity contribution is 0.0402. The molecule has 2 aromatic carbocycles. The molecule has 0 bridgehead atoms. The Morgan fingerprint density at radius 2 is 1.89 bits per heavy atom. The van der Waals surface area contributed by atoms with Gasteiger partial charge in [0.15, 0.2) is 0 Å². The fraction of sp³-hybridized carbons (Fsp3) is 0.571. The topological polar surface area (TPSA) is 88.5 Å². The third kappa shape index (κ3) is 6.29. The molecule has 1 N–H and O–H groups in total. The lowest BCUT2D eigenvalue weighted by Gasteiger charge is -2.38. The molecule has 0 amide bonds. The van der Waals surface area contributed by atoms with Crippen LogP contribution in [0.3, 0.4) is 0 Å². The molecule has 3 atom stereocenters. The van der Waals surface area contributed by atoms with Crippen molar-refractivity contribution in [3.63, 3.8) is 0 Å². The molecule has 8 nitrogen and oxygen atoms in total. The molecule has 2 aliphatic rings. The fourth-order valence-corrected chi connectivity index (χ4v) is 7.07. The van der Waals surface area contributed by atoms with E-state index < -0.39 is 16.1 Å². The van der Waals surface area contributed by atoms with Gasteiger partial charge < -0.3 is 24.2 Å². The van der Waals surface area contributed by atoms with Crippen LogP contribution in [0.5, 0.6) is 11.5 Å². The van der Waals surface area contributed by atoms with Crippen LogP contribution in [-0.4, -0.2) is 88.5 Å². The second-order valence-corrected chi connectivity index (χ2v) is 12.2. The zero-order valence-electron chi connectivity index (χ0n) is 22.3. The smallest absolute Gasteiger partial charge is 0.247 e. The molecule has 9 heteroatoms. The summed E-state index contributed by atoms with van der Waals surface area (Å²) in [5.74, 6) is 1.52. The van der Waals surface area contributed by atoms with Gasteiger partial charge in [0.1, 0.15) is 22.5 Å². The van der Waals surface area contributed by atoms with Crippen molar-refractivity contribution in [2.24, 2.45) is 11.8 Å². The van der Waals surface area contributed by atoms with Crippen molar-refractivity contribution in [1.82, 2.24) is 9.21 Å². The van der Waals surface area contributed by atoms with Gasteiger partial charge >= 0.3 is 0 Å². The van der Waals surface area contributed by atoms with Crippen molar-refractivity contribution >= 4 is 10.0 Å². The number of fused-ring (bicyclic) bond motifs is 1. The number of benzene rings is 2. The summed E-state index contributed by atoms with van der Waals surface area (Å²) in [4.78, 5) is 2.41. The average Bonchev–Trinajstić information content (AvgIpc) is 2.90. The van der Waals surface area contributed by atoms with Crippen molar-refractivity contribution in [1.29, 1.82) is 0 Å². The van der Waals surface area contributed by atoms with Crippen LogP contribution in [0.25, 0.3) is 11.1 Å². The summed E-state index contributed by atoms with van der Waals surface area (Å²) >= 11 is 0. The third-order valence-corrected chi connectivity index (χ3v) is 9.51. The molecule has 1 saturated heterocycles. The molecule has 2 heterocycles. The highest BCUT2D eigenvalue weighted by molar-refractivity contribution is 7.89. The maximum atomic E-state index is 13.8. The molecular weight excluding hydrogens is 492 g/mol. The Balaban J connectivity index is 1.71. The van der Waals surface area contributed by atoms with E-state index in [2.05, 4.69) is 11.9 Å². The van der Waals surface area contributed by atoms with Gasteiger partial charge in [0.05, 0.1) is 13.7 Å². The van der Waals surface area contributed by atoms with E-state index in [-0.39, 0.29) is 30.1 Å². The van der Waals surface area contributed by atoms with Gasteiger partial charge in [-0.1, -0.05) is 31.2 Å². The normalized spacial score (nSPS) is 23.5. The zero-order valence-corrected chi connectivity index (χ0v) is 23.1. The largest absolute Gasteiger partial charge is 0.496 e. The van der Waals surface area contributed by atoms with Crippen LogP contribution in [-0.2, 0) is 14.8 Å². The molecule has 0 saturated carbocycles. The summed E-state index contributed by atoms with van der Waals surface area (Å²) in [7, 11) is -0.169. The maximum absolute atomic E-state index is 13.8. The SMILES string of the molecule is COc1ccccc1-c1ccc2c(c1)O[C@H](CN(C)CC1CCOCC1)[C@H](C)CN([C@@H](C)CO)S2(=O)=O. The van der Waals surface area contributed by atoms with E-state index >= 15 is 0 Å². The molecule has 0 radical (unpaired) electrons. The predicted molar refractivity (Wildman–Crippen MR) is 143 cm³/mol. The summed E-state index contributed by atoms with van der Waals surface area (Å²) in [6.45, 7) is 7.00. The summed E-state index contributed by atoms with van der Waals surface area (Å²) in [6.07, 6.45) is 1.87. The van der Waals surface area contributed by atoms with Crippen LogP contribution in [0, 0.1) is 11.8 Å². The average molecular weight is 533 g/mol. The number of aliphatic hydroxyl groups excluding tert-OH is 1. The molecule has 2 aromatic rings. The highest BCUT2D eigenvalue weighted by Gasteiger charge is 2.38. The quantitative estimate of drug-likeness (QED) is 0.557. The molecular formula is C28H40N2O6S. The number of rotatable bonds is 8. The van der Waals surface area contributed by atoms with Gasteiger partial charge in [-0.2, -0.15) is 4.31 Å². The number of sulfonamides is 1. The van der Waals surface area contributed by atoms with Crippen molar-refractivity contribution in [3.05, 3.63) is 42.5 Å². The highest BCUT2D eigenvalue weighted by Crippen LogP contribution is 2.38. The van der Waals surface area contributed by atoms with E-state index in [1.165, 1.54) is 4.31 Å². The molecule has 4 rings (SSSR count). The number of ether oxygens (including phenoxy) is 3. The standard InChI is InChI=1S/C28H40N2O6S/c1-20-16-30(21(2)19-31)37(32,33)28-10-9-23(24-7-5-6-8-25(24)34-4)15-26(28)36-27(20)18-29(3)17-22-11-13-35-14-12-22/h5-10,15,20-22,27,31H,11-14,16-19H2,1-4H3/t20-,21+,27-/m1/s1. The Morgan fingerprint density at radius 3 is 2.59 bits per heavy atom. The van der Waals surface area contributed by atoms with E-state index in [1.54, 1.807) is 32.2 Å². The van der Waals surface area contributed by atoms with Crippen LogP contribution < -0.4 is 9.47 Å². The first-order valence-corrected chi connectivity index (χ1v) is 14.5. The van der Waals surface area contributed by atoms with Gasteiger partial charge in [-0.15, -0.1) is 0 Å². The van der Waals surface area contributed by atoms with Gasteiger partial charge in [-0.05, 0) is 56.5 Å². The molecule has 37 heavy (non-hydrogen) atoms. The Kier molecular flexibility index (Phi) is 9.13. The first kappa shape index (κ1) is 27.9. The predicted octanol–water partition coefficient (Wildman–Crippen LogP) is 3.49. The minimum absolute atomic E-state index is 0.0935. The number of hydrogen-bond donors (Lipinski definition) is 1. The van der Waals surface area contributed by atoms with E-state index in [4.69, 9.17) is 14.2 Å². The number of methoxy groups -OCH3 is 1. The molecule has 204 valence electrons. The Bertz CT molecular complexity index is 1150. The Labute approximate surface area is 221 Å². The van der Waals surface area contributed by atoms with Gasteiger partial charge in [0, 0.05) is 50.4 Å². The second-order valence-electron chi connectivity index (χ2n) is 10.4. The summed E-state index contributed by atoms with van der Waals surface area (Å²) < 4.78 is 46.6. The minimum atomic E-state index is -3.89. The summed E-state index contributed by atoms with van der Waals surface area (Å²) in [5.41, 5.74) is 1.67. The van der Waals surface area contributed by atoms with E-state index in [0.29, 0.717) is 24.0 Å². The minimum Gasteiger partial charge on any atom is -0.496 e. The van der Waals surface area contributed by atoms with Gasteiger partial charge in [0.2, 0.25) is 10.0 Å².